The maximum Gasteiger partial charge on any atom is 0.257 e. The zero-order chi connectivity index (χ0) is 18.8. The third-order valence-corrected chi connectivity index (χ3v) is 4.87. The van der Waals surface area contributed by atoms with Crippen LogP contribution >= 0.6 is 11.8 Å². The highest BCUT2D eigenvalue weighted by Crippen LogP contribution is 2.42. The van der Waals surface area contributed by atoms with Crippen molar-refractivity contribution in [3.63, 3.8) is 0 Å². The number of carbonyl (C=O) groups excluding carboxylic acids is 1. The molecule has 0 spiro atoms. The number of amides is 1. The van der Waals surface area contributed by atoms with E-state index in [9.17, 15) is 14.7 Å². The van der Waals surface area contributed by atoms with Crippen molar-refractivity contribution in [2.24, 2.45) is 0 Å². The summed E-state index contributed by atoms with van der Waals surface area (Å²) < 4.78 is 10.4. The van der Waals surface area contributed by atoms with Crippen LogP contribution in [0.2, 0.25) is 0 Å². The summed E-state index contributed by atoms with van der Waals surface area (Å²) in [6, 6.07) is 3.19. The first-order chi connectivity index (χ1) is 12.5. The van der Waals surface area contributed by atoms with Gasteiger partial charge >= 0.3 is 0 Å². The topological polar surface area (TPSA) is 114 Å². The number of benzene rings is 1. The second-order valence-corrected chi connectivity index (χ2v) is 6.90. The number of aromatic amines is 1. The highest BCUT2D eigenvalue weighted by molar-refractivity contribution is 7.99. The fourth-order valence-electron chi connectivity index (χ4n) is 2.96. The van der Waals surface area contributed by atoms with Crippen LogP contribution in [0.5, 0.6) is 17.2 Å². The Kier molecular flexibility index (Phi) is 5.08. The number of hydrogen-bond donors (Lipinski definition) is 3. The van der Waals surface area contributed by atoms with Crippen LogP contribution in [0.4, 0.5) is 5.82 Å². The molecule has 26 heavy (non-hydrogen) atoms. The first-order valence-corrected chi connectivity index (χ1v) is 8.98. The van der Waals surface area contributed by atoms with E-state index in [1.807, 2.05) is 6.92 Å². The van der Waals surface area contributed by atoms with E-state index in [0.717, 1.165) is 5.75 Å². The number of hydrogen-bond acceptors (Lipinski definition) is 7. The van der Waals surface area contributed by atoms with Gasteiger partial charge in [-0.3, -0.25) is 9.59 Å². The van der Waals surface area contributed by atoms with E-state index < -0.39 is 5.92 Å². The fraction of sp³-hybridized carbons (Fsp3) is 0.353. The lowest BCUT2D eigenvalue weighted by atomic mass is 9.86. The third-order valence-electron chi connectivity index (χ3n) is 4.11. The van der Waals surface area contributed by atoms with Gasteiger partial charge in [0.05, 0.1) is 19.8 Å². The van der Waals surface area contributed by atoms with E-state index in [-0.39, 0.29) is 41.0 Å². The smallest absolute Gasteiger partial charge is 0.257 e. The standard InChI is InChI=1S/C17H19N3O5S/c1-4-26-17-19-15-13(16(23)20-17)9(7-12(21)18-15)8-5-10(24-2)14(22)11(6-8)25-3/h5-6,9,22H,4,7H2,1-3H3,(H2,18,19,20,21,23)/t9-/m1/s1. The van der Waals surface area contributed by atoms with Crippen molar-refractivity contribution in [1.82, 2.24) is 9.97 Å². The summed E-state index contributed by atoms with van der Waals surface area (Å²) in [6.45, 7) is 1.94. The van der Waals surface area contributed by atoms with E-state index >= 15 is 0 Å². The third kappa shape index (κ3) is 3.22. The number of rotatable bonds is 5. The number of anilines is 1. The van der Waals surface area contributed by atoms with Gasteiger partial charge in [0.2, 0.25) is 11.7 Å². The van der Waals surface area contributed by atoms with E-state index in [0.29, 0.717) is 16.3 Å². The summed E-state index contributed by atoms with van der Waals surface area (Å²) in [6.07, 6.45) is 0.0785. The van der Waals surface area contributed by atoms with Gasteiger partial charge in [-0.05, 0) is 23.4 Å². The number of fused-ring (bicyclic) bond motifs is 1. The maximum absolute atomic E-state index is 12.7. The van der Waals surface area contributed by atoms with Crippen molar-refractivity contribution in [3.8, 4) is 17.2 Å². The molecule has 0 radical (unpaired) electrons. The van der Waals surface area contributed by atoms with Gasteiger partial charge in [-0.25, -0.2) is 4.98 Å². The molecule has 1 aliphatic rings. The van der Waals surface area contributed by atoms with Crippen molar-refractivity contribution >= 4 is 23.5 Å². The van der Waals surface area contributed by atoms with Gasteiger partial charge in [-0.1, -0.05) is 18.7 Å². The minimum absolute atomic E-state index is 0.0785. The number of H-pyrrole nitrogens is 1. The van der Waals surface area contributed by atoms with Crippen LogP contribution in [0, 0.1) is 0 Å². The Morgan fingerprint density at radius 3 is 2.50 bits per heavy atom. The zero-order valence-electron chi connectivity index (χ0n) is 14.6. The van der Waals surface area contributed by atoms with Gasteiger partial charge in [0.15, 0.2) is 16.7 Å². The number of nitrogens with zero attached hydrogens (tertiary/aromatic N) is 1. The summed E-state index contributed by atoms with van der Waals surface area (Å²) in [7, 11) is 2.84. The summed E-state index contributed by atoms with van der Waals surface area (Å²) in [5, 5.41) is 13.2. The number of nitrogens with one attached hydrogen (secondary N) is 2. The molecule has 1 aromatic carbocycles. The molecule has 0 unspecified atom stereocenters. The van der Waals surface area contributed by atoms with Gasteiger partial charge < -0.3 is 24.9 Å². The number of phenolic OH excluding ortho intramolecular Hbond substituents is 1. The molecule has 1 amide bonds. The molecule has 0 fully saturated rings. The Morgan fingerprint density at radius 2 is 1.92 bits per heavy atom. The molecule has 1 aromatic heterocycles. The normalized spacial score (nSPS) is 16.0. The SMILES string of the molecule is CCSc1nc2c(c(=O)[nH]1)[C@@H](c1cc(OC)c(O)c(OC)c1)CC(=O)N2. The van der Waals surface area contributed by atoms with Gasteiger partial charge in [0, 0.05) is 12.3 Å². The Hall–Kier alpha value is -2.68. The molecule has 0 saturated carbocycles. The number of phenols is 1. The van der Waals surface area contributed by atoms with Crippen LogP contribution in [0.15, 0.2) is 22.1 Å². The van der Waals surface area contributed by atoms with Crippen LogP contribution in [0.3, 0.4) is 0 Å². The molecule has 3 rings (SSSR count). The molecule has 8 nitrogen and oxygen atoms in total. The summed E-state index contributed by atoms with van der Waals surface area (Å²) >= 11 is 1.38. The van der Waals surface area contributed by atoms with Crippen LogP contribution in [0.25, 0.3) is 0 Å². The number of methoxy groups -OCH3 is 2. The van der Waals surface area contributed by atoms with Crippen molar-refractivity contribution < 1.29 is 19.4 Å². The molecular formula is C17H19N3O5S. The van der Waals surface area contributed by atoms with Crippen LogP contribution in [-0.2, 0) is 4.79 Å². The molecule has 0 aliphatic carbocycles. The predicted octanol–water partition coefficient (Wildman–Crippen LogP) is 2.08. The Balaban J connectivity index is 2.16. The average Bonchev–Trinajstić information content (AvgIpc) is 2.61. The van der Waals surface area contributed by atoms with Crippen molar-refractivity contribution in [3.05, 3.63) is 33.6 Å². The first-order valence-electron chi connectivity index (χ1n) is 8.00. The predicted molar refractivity (Wildman–Crippen MR) is 97.6 cm³/mol. The molecule has 0 bridgehead atoms. The molecule has 9 heteroatoms. The lowest BCUT2D eigenvalue weighted by Gasteiger charge is -2.25. The van der Waals surface area contributed by atoms with Gasteiger partial charge in [0.25, 0.3) is 5.56 Å². The van der Waals surface area contributed by atoms with Crippen molar-refractivity contribution in [1.29, 1.82) is 0 Å². The lowest BCUT2D eigenvalue weighted by Crippen LogP contribution is -2.31. The Bertz CT molecular complexity index is 887. The molecular weight excluding hydrogens is 358 g/mol. The second-order valence-electron chi connectivity index (χ2n) is 5.65. The monoisotopic (exact) mass is 377 g/mol. The van der Waals surface area contributed by atoms with Crippen LogP contribution < -0.4 is 20.3 Å². The van der Waals surface area contributed by atoms with Gasteiger partial charge in [0.1, 0.15) is 5.82 Å². The Morgan fingerprint density at radius 1 is 1.27 bits per heavy atom. The largest absolute Gasteiger partial charge is 0.502 e. The fourth-order valence-corrected chi connectivity index (χ4v) is 3.55. The van der Waals surface area contributed by atoms with Crippen molar-refractivity contribution in [2.45, 2.75) is 24.4 Å². The summed E-state index contributed by atoms with van der Waals surface area (Å²) in [5.74, 6) is 0.505. The highest BCUT2D eigenvalue weighted by atomic mass is 32.2. The first kappa shape index (κ1) is 18.1. The summed E-state index contributed by atoms with van der Waals surface area (Å²) in [5.41, 5.74) is 0.692. The number of thioether (sulfide) groups is 1. The minimum atomic E-state index is -0.529. The molecule has 1 atom stereocenters. The Labute approximate surface area is 153 Å². The van der Waals surface area contributed by atoms with E-state index in [4.69, 9.17) is 9.47 Å². The van der Waals surface area contributed by atoms with Crippen molar-refractivity contribution in [2.75, 3.05) is 25.3 Å². The number of aromatic hydroxyl groups is 1. The number of carbonyl (C=O) groups is 1. The second kappa shape index (κ2) is 7.28. The van der Waals surface area contributed by atoms with Crippen LogP contribution in [-0.4, -0.2) is 41.0 Å². The van der Waals surface area contributed by atoms with Gasteiger partial charge in [-0.15, -0.1) is 0 Å². The van der Waals surface area contributed by atoms with E-state index in [1.165, 1.54) is 26.0 Å². The van der Waals surface area contributed by atoms with Crippen LogP contribution in [0.1, 0.15) is 30.4 Å². The number of ether oxygens (including phenoxy) is 2. The number of aromatic nitrogens is 2. The molecule has 1 aliphatic heterocycles. The molecule has 3 N–H and O–H groups in total. The lowest BCUT2D eigenvalue weighted by molar-refractivity contribution is -0.116. The van der Waals surface area contributed by atoms with Gasteiger partial charge in [-0.2, -0.15) is 0 Å². The molecule has 2 aromatic rings. The van der Waals surface area contributed by atoms with E-state index in [1.54, 1.807) is 12.1 Å². The quantitative estimate of drug-likeness (QED) is 0.540. The van der Waals surface area contributed by atoms with E-state index in [2.05, 4.69) is 15.3 Å². The highest BCUT2D eigenvalue weighted by Gasteiger charge is 2.32. The molecule has 2 heterocycles. The molecule has 138 valence electrons. The zero-order valence-corrected chi connectivity index (χ0v) is 15.4. The summed E-state index contributed by atoms with van der Waals surface area (Å²) in [4.78, 5) is 31.9. The average molecular weight is 377 g/mol. The maximum atomic E-state index is 12.7. The minimum Gasteiger partial charge on any atom is -0.502 e. The molecule has 0 saturated heterocycles.